The van der Waals surface area contributed by atoms with Gasteiger partial charge in [-0.2, -0.15) is 11.8 Å². The summed E-state index contributed by atoms with van der Waals surface area (Å²) < 4.78 is 0. The molecule has 0 fully saturated rings. The van der Waals surface area contributed by atoms with E-state index in [1.54, 1.807) is 10.4 Å². The molecule has 1 unspecified atom stereocenters. The lowest BCUT2D eigenvalue weighted by Crippen LogP contribution is -2.20. The van der Waals surface area contributed by atoms with Crippen molar-refractivity contribution >= 4 is 23.1 Å². The van der Waals surface area contributed by atoms with Crippen molar-refractivity contribution in [2.24, 2.45) is 0 Å². The van der Waals surface area contributed by atoms with E-state index in [2.05, 4.69) is 24.9 Å². The van der Waals surface area contributed by atoms with Gasteiger partial charge in [-0.05, 0) is 44.2 Å². The van der Waals surface area contributed by atoms with Crippen LogP contribution in [0.3, 0.4) is 0 Å². The maximum absolute atomic E-state index is 3.74. The minimum absolute atomic E-state index is 0.505. The first-order valence-corrected chi connectivity index (χ1v) is 8.82. The third kappa shape index (κ3) is 3.87. The Balaban J connectivity index is 1.79. The van der Waals surface area contributed by atoms with Crippen LogP contribution in [0.4, 0.5) is 0 Å². The Bertz CT molecular complexity index is 360. The molecule has 0 aromatic carbocycles. The molecular weight excluding hydrogens is 258 g/mol. The molecule has 1 atom stereocenters. The summed E-state index contributed by atoms with van der Waals surface area (Å²) in [4.78, 5) is 3.17. The van der Waals surface area contributed by atoms with E-state index in [-0.39, 0.29) is 0 Å². The molecule has 0 amide bonds. The number of nitrogens with one attached hydrogen (secondary N) is 1. The van der Waals surface area contributed by atoms with Gasteiger partial charge in [-0.15, -0.1) is 17.9 Å². The normalized spacial score (nSPS) is 16.3. The zero-order chi connectivity index (χ0) is 12.8. The van der Waals surface area contributed by atoms with Crippen molar-refractivity contribution in [3.8, 4) is 0 Å². The quantitative estimate of drug-likeness (QED) is 0.594. The molecule has 1 aliphatic carbocycles. The van der Waals surface area contributed by atoms with Crippen molar-refractivity contribution in [1.29, 1.82) is 0 Å². The zero-order valence-corrected chi connectivity index (χ0v) is 12.8. The molecule has 18 heavy (non-hydrogen) atoms. The molecule has 0 saturated heterocycles. The van der Waals surface area contributed by atoms with Crippen LogP contribution < -0.4 is 5.32 Å². The molecule has 3 heteroatoms. The van der Waals surface area contributed by atoms with Gasteiger partial charge in [-0.25, -0.2) is 0 Å². The first-order valence-electron chi connectivity index (χ1n) is 6.84. The molecular formula is C15H23NS2. The molecule has 1 heterocycles. The number of rotatable bonds is 7. The van der Waals surface area contributed by atoms with Gasteiger partial charge in [0.25, 0.3) is 0 Å². The highest BCUT2D eigenvalue weighted by Crippen LogP contribution is 2.32. The third-order valence-electron chi connectivity index (χ3n) is 3.38. The van der Waals surface area contributed by atoms with E-state index in [4.69, 9.17) is 0 Å². The molecule has 100 valence electrons. The van der Waals surface area contributed by atoms with Crippen LogP contribution in [0, 0.1) is 0 Å². The Morgan fingerprint density at radius 1 is 1.50 bits per heavy atom. The molecule has 1 nitrogen and oxygen atoms in total. The first-order chi connectivity index (χ1) is 8.81. The number of hydrogen-bond donors (Lipinski definition) is 1. The lowest BCUT2D eigenvalue weighted by Gasteiger charge is -2.11. The van der Waals surface area contributed by atoms with Crippen molar-refractivity contribution in [2.45, 2.75) is 38.6 Å². The van der Waals surface area contributed by atoms with E-state index in [1.165, 1.54) is 36.3 Å². The van der Waals surface area contributed by atoms with E-state index < -0.39 is 0 Å². The summed E-state index contributed by atoms with van der Waals surface area (Å²) in [7, 11) is 0. The van der Waals surface area contributed by atoms with Gasteiger partial charge >= 0.3 is 0 Å². The van der Waals surface area contributed by atoms with Crippen molar-refractivity contribution in [1.82, 2.24) is 5.32 Å². The van der Waals surface area contributed by atoms with Crippen LogP contribution in [0.5, 0.6) is 0 Å². The van der Waals surface area contributed by atoms with E-state index >= 15 is 0 Å². The Morgan fingerprint density at radius 3 is 3.11 bits per heavy atom. The van der Waals surface area contributed by atoms with Crippen LogP contribution in [0.15, 0.2) is 18.7 Å². The second-order valence-corrected chi connectivity index (χ2v) is 7.16. The smallest absolute Gasteiger partial charge is 0.0386 e. The average Bonchev–Trinajstić information content (AvgIpc) is 2.82. The Morgan fingerprint density at radius 2 is 2.33 bits per heavy atom. The fourth-order valence-electron chi connectivity index (χ4n) is 2.34. The van der Waals surface area contributed by atoms with E-state index in [0.717, 1.165) is 12.3 Å². The maximum atomic E-state index is 3.74. The van der Waals surface area contributed by atoms with Crippen LogP contribution in [-0.2, 0) is 12.8 Å². The Kier molecular flexibility index (Phi) is 5.80. The van der Waals surface area contributed by atoms with Crippen LogP contribution in [0.2, 0.25) is 0 Å². The lowest BCUT2D eigenvalue weighted by atomic mass is 9.99. The monoisotopic (exact) mass is 281 g/mol. The molecule has 1 aliphatic rings. The minimum Gasteiger partial charge on any atom is -0.309 e. The molecule has 2 rings (SSSR count). The molecule has 0 bridgehead atoms. The van der Waals surface area contributed by atoms with Gasteiger partial charge in [0.2, 0.25) is 0 Å². The topological polar surface area (TPSA) is 12.0 Å². The Labute approximate surface area is 119 Å². The van der Waals surface area contributed by atoms with Gasteiger partial charge < -0.3 is 5.32 Å². The summed E-state index contributed by atoms with van der Waals surface area (Å²) in [5.74, 6) is 2.23. The SMILES string of the molecule is C=CCSCCNC(C)c1cc2c(s1)CCCC2. The second-order valence-electron chi connectivity index (χ2n) is 4.84. The summed E-state index contributed by atoms with van der Waals surface area (Å²) in [5.41, 5.74) is 1.62. The van der Waals surface area contributed by atoms with E-state index in [1.807, 2.05) is 29.2 Å². The summed E-state index contributed by atoms with van der Waals surface area (Å²) >= 11 is 3.97. The highest BCUT2D eigenvalue weighted by molar-refractivity contribution is 7.99. The number of aryl methyl sites for hydroxylation is 2. The average molecular weight is 281 g/mol. The molecule has 1 aromatic heterocycles. The van der Waals surface area contributed by atoms with Crippen LogP contribution in [-0.4, -0.2) is 18.1 Å². The minimum atomic E-state index is 0.505. The van der Waals surface area contributed by atoms with Crippen LogP contribution in [0.25, 0.3) is 0 Å². The predicted molar refractivity (Wildman–Crippen MR) is 84.9 cm³/mol. The van der Waals surface area contributed by atoms with E-state index in [0.29, 0.717) is 6.04 Å². The summed E-state index contributed by atoms with van der Waals surface area (Å²) in [6, 6.07) is 2.94. The molecule has 0 spiro atoms. The van der Waals surface area contributed by atoms with Crippen molar-refractivity contribution < 1.29 is 0 Å². The Hall–Kier alpha value is -0.250. The highest BCUT2D eigenvalue weighted by atomic mass is 32.2. The fraction of sp³-hybridized carbons (Fsp3) is 0.600. The highest BCUT2D eigenvalue weighted by Gasteiger charge is 2.15. The second kappa shape index (κ2) is 7.37. The zero-order valence-electron chi connectivity index (χ0n) is 11.2. The summed E-state index contributed by atoms with van der Waals surface area (Å²) in [5, 5.41) is 3.62. The van der Waals surface area contributed by atoms with Gasteiger partial charge in [0.15, 0.2) is 0 Å². The van der Waals surface area contributed by atoms with Gasteiger partial charge in [-0.3, -0.25) is 0 Å². The molecule has 1 aromatic rings. The number of thioether (sulfide) groups is 1. The van der Waals surface area contributed by atoms with Gasteiger partial charge in [0, 0.05) is 33.8 Å². The van der Waals surface area contributed by atoms with Crippen molar-refractivity contribution in [3.05, 3.63) is 34.0 Å². The molecule has 0 saturated carbocycles. The van der Waals surface area contributed by atoms with Gasteiger partial charge in [0.05, 0.1) is 0 Å². The number of hydrogen-bond acceptors (Lipinski definition) is 3. The van der Waals surface area contributed by atoms with Gasteiger partial charge in [0.1, 0.15) is 0 Å². The van der Waals surface area contributed by atoms with Crippen molar-refractivity contribution in [2.75, 3.05) is 18.1 Å². The number of fused-ring (bicyclic) bond motifs is 1. The first kappa shape index (κ1) is 14.2. The summed E-state index contributed by atoms with van der Waals surface area (Å²) in [6.45, 7) is 7.11. The largest absolute Gasteiger partial charge is 0.309 e. The fourth-order valence-corrected chi connectivity index (χ4v) is 4.22. The predicted octanol–water partition coefficient (Wildman–Crippen LogP) is 4.20. The van der Waals surface area contributed by atoms with Crippen molar-refractivity contribution in [3.63, 3.8) is 0 Å². The number of thiophene rings is 1. The lowest BCUT2D eigenvalue weighted by molar-refractivity contribution is 0.610. The van der Waals surface area contributed by atoms with Crippen LogP contribution >= 0.6 is 23.1 Å². The van der Waals surface area contributed by atoms with Crippen LogP contribution in [0.1, 0.15) is 41.1 Å². The van der Waals surface area contributed by atoms with Gasteiger partial charge in [-0.1, -0.05) is 6.08 Å². The standard InChI is InChI=1S/C15H23NS2/c1-3-9-17-10-8-16-12(2)15-11-13-6-4-5-7-14(13)18-15/h3,11-12,16H,1,4-10H2,2H3. The molecule has 0 radical (unpaired) electrons. The van der Waals surface area contributed by atoms with E-state index in [9.17, 15) is 0 Å². The maximum Gasteiger partial charge on any atom is 0.0386 e. The molecule has 1 N–H and O–H groups in total. The molecule has 0 aliphatic heterocycles. The third-order valence-corrected chi connectivity index (χ3v) is 5.76. The summed E-state index contributed by atoms with van der Waals surface area (Å²) in [6.07, 6.45) is 7.34.